The van der Waals surface area contributed by atoms with Gasteiger partial charge in [0.15, 0.2) is 0 Å². The van der Waals surface area contributed by atoms with E-state index in [9.17, 15) is 10.1 Å². The number of rotatable bonds is 4. The minimum absolute atomic E-state index is 0.0131. The van der Waals surface area contributed by atoms with Crippen molar-refractivity contribution in [2.75, 3.05) is 10.6 Å². The average Bonchev–Trinajstić information content (AvgIpc) is 2.54. The Hall–Kier alpha value is -2.77. The first kappa shape index (κ1) is 16.6. The van der Waals surface area contributed by atoms with Crippen LogP contribution in [0.1, 0.15) is 11.1 Å². The third-order valence-corrected chi connectivity index (χ3v) is 3.70. The highest BCUT2D eigenvalue weighted by Gasteiger charge is 2.09. The lowest BCUT2D eigenvalue weighted by atomic mass is 10.1. The van der Waals surface area contributed by atoms with E-state index in [0.717, 1.165) is 16.8 Å². The van der Waals surface area contributed by atoms with E-state index in [0.29, 0.717) is 10.7 Å². The first-order valence-corrected chi connectivity index (χ1v) is 7.39. The van der Waals surface area contributed by atoms with Gasteiger partial charge in [-0.3, -0.25) is 4.79 Å². The van der Waals surface area contributed by atoms with Gasteiger partial charge in [0.1, 0.15) is 11.6 Å². The monoisotopic (exact) mass is 325 g/mol. The summed E-state index contributed by atoms with van der Waals surface area (Å²) in [6.07, 6.45) is 1.41. The molecule has 0 heterocycles. The summed E-state index contributed by atoms with van der Waals surface area (Å²) in [5.74, 6) is -0.479. The fourth-order valence-electron chi connectivity index (χ4n) is 1.94. The van der Waals surface area contributed by atoms with Crippen LogP contribution in [0.4, 0.5) is 11.4 Å². The highest BCUT2D eigenvalue weighted by atomic mass is 35.5. The summed E-state index contributed by atoms with van der Waals surface area (Å²) in [5, 5.41) is 15.4. The number of nitriles is 1. The van der Waals surface area contributed by atoms with E-state index in [1.165, 1.54) is 6.20 Å². The van der Waals surface area contributed by atoms with Crippen molar-refractivity contribution in [3.63, 3.8) is 0 Å². The van der Waals surface area contributed by atoms with Gasteiger partial charge in [0.25, 0.3) is 5.91 Å². The third kappa shape index (κ3) is 4.35. The predicted molar refractivity (Wildman–Crippen MR) is 93.3 cm³/mol. The smallest absolute Gasteiger partial charge is 0.267 e. The van der Waals surface area contributed by atoms with Crippen LogP contribution in [-0.2, 0) is 4.79 Å². The highest BCUT2D eigenvalue weighted by Crippen LogP contribution is 2.18. The molecule has 0 aliphatic rings. The highest BCUT2D eigenvalue weighted by molar-refractivity contribution is 6.30. The van der Waals surface area contributed by atoms with E-state index < -0.39 is 5.91 Å². The van der Waals surface area contributed by atoms with Gasteiger partial charge in [-0.1, -0.05) is 23.7 Å². The summed E-state index contributed by atoms with van der Waals surface area (Å²) in [6, 6.07) is 14.4. The number of hydrogen-bond donors (Lipinski definition) is 2. The molecule has 0 fully saturated rings. The van der Waals surface area contributed by atoms with Crippen molar-refractivity contribution in [1.29, 1.82) is 5.26 Å². The molecule has 4 nitrogen and oxygen atoms in total. The van der Waals surface area contributed by atoms with Crippen molar-refractivity contribution in [1.82, 2.24) is 0 Å². The average molecular weight is 326 g/mol. The largest absolute Gasteiger partial charge is 0.360 e. The second-order valence-electron chi connectivity index (χ2n) is 5.02. The summed E-state index contributed by atoms with van der Waals surface area (Å²) in [5.41, 5.74) is 3.62. The number of carbonyl (C=O) groups is 1. The van der Waals surface area contributed by atoms with Gasteiger partial charge in [-0.15, -0.1) is 0 Å². The molecule has 0 aromatic heterocycles. The van der Waals surface area contributed by atoms with Gasteiger partial charge >= 0.3 is 0 Å². The quantitative estimate of drug-likeness (QED) is 0.646. The second kappa shape index (κ2) is 7.48. The van der Waals surface area contributed by atoms with E-state index in [1.54, 1.807) is 24.3 Å². The standard InChI is InChI=1S/C18H16ClN3O/c1-12-4-3-5-17(13(12)2)21-11-14(10-20)18(23)22-16-8-6-15(19)7-9-16/h3-9,11,21H,1-2H3,(H,22,23)/b14-11-. The molecular weight excluding hydrogens is 310 g/mol. The maximum absolute atomic E-state index is 12.1. The topological polar surface area (TPSA) is 64.9 Å². The second-order valence-corrected chi connectivity index (χ2v) is 5.46. The maximum Gasteiger partial charge on any atom is 0.267 e. The van der Waals surface area contributed by atoms with Crippen LogP contribution in [0.3, 0.4) is 0 Å². The SMILES string of the molecule is Cc1cccc(N/C=C(/C#N)C(=O)Nc2ccc(Cl)cc2)c1C. The van der Waals surface area contributed by atoms with Gasteiger partial charge in [0.2, 0.25) is 0 Å². The summed E-state index contributed by atoms with van der Waals surface area (Å²) >= 11 is 5.80. The number of anilines is 2. The van der Waals surface area contributed by atoms with E-state index in [-0.39, 0.29) is 5.57 Å². The molecule has 0 saturated carbocycles. The molecule has 2 aromatic rings. The maximum atomic E-state index is 12.1. The van der Waals surface area contributed by atoms with Crippen LogP contribution in [0.2, 0.25) is 5.02 Å². The van der Waals surface area contributed by atoms with Crippen LogP contribution >= 0.6 is 11.6 Å². The Labute approximate surface area is 140 Å². The molecule has 0 saturated heterocycles. The Morgan fingerprint density at radius 1 is 1.17 bits per heavy atom. The molecule has 2 aromatic carbocycles. The Kier molecular flexibility index (Phi) is 5.40. The molecule has 0 aliphatic carbocycles. The number of nitrogens with one attached hydrogen (secondary N) is 2. The molecule has 1 amide bonds. The van der Waals surface area contributed by atoms with Crippen LogP contribution in [0.5, 0.6) is 0 Å². The zero-order chi connectivity index (χ0) is 16.8. The van der Waals surface area contributed by atoms with Crippen molar-refractivity contribution in [2.45, 2.75) is 13.8 Å². The Bertz CT molecular complexity index is 789. The number of amides is 1. The lowest BCUT2D eigenvalue weighted by Gasteiger charge is -2.09. The first-order chi connectivity index (χ1) is 11.0. The number of halogens is 1. The minimum Gasteiger partial charge on any atom is -0.360 e. The first-order valence-electron chi connectivity index (χ1n) is 7.01. The molecule has 0 atom stereocenters. The van der Waals surface area contributed by atoms with Crippen LogP contribution in [0.15, 0.2) is 54.2 Å². The van der Waals surface area contributed by atoms with Crippen molar-refractivity contribution in [3.8, 4) is 6.07 Å². The molecule has 116 valence electrons. The Balaban J connectivity index is 2.12. The van der Waals surface area contributed by atoms with Gasteiger partial charge in [-0.25, -0.2) is 0 Å². The van der Waals surface area contributed by atoms with Crippen LogP contribution in [0.25, 0.3) is 0 Å². The molecule has 0 aliphatic heterocycles. The van der Waals surface area contributed by atoms with Crippen LogP contribution < -0.4 is 10.6 Å². The number of nitrogens with zero attached hydrogens (tertiary/aromatic N) is 1. The van der Waals surface area contributed by atoms with Gasteiger partial charge in [-0.05, 0) is 55.3 Å². The zero-order valence-electron chi connectivity index (χ0n) is 12.9. The third-order valence-electron chi connectivity index (χ3n) is 3.44. The fraction of sp³-hybridized carbons (Fsp3) is 0.111. The summed E-state index contributed by atoms with van der Waals surface area (Å²) < 4.78 is 0. The molecule has 2 N–H and O–H groups in total. The van der Waals surface area contributed by atoms with Gasteiger partial charge in [-0.2, -0.15) is 5.26 Å². The lowest BCUT2D eigenvalue weighted by molar-refractivity contribution is -0.112. The van der Waals surface area contributed by atoms with Gasteiger partial charge in [0, 0.05) is 22.6 Å². The predicted octanol–water partition coefficient (Wildman–Crippen LogP) is 4.41. The zero-order valence-corrected chi connectivity index (χ0v) is 13.6. The normalized spacial score (nSPS) is 10.8. The molecule has 0 bridgehead atoms. The number of carbonyl (C=O) groups excluding carboxylic acids is 1. The van der Waals surface area contributed by atoms with E-state index in [1.807, 2.05) is 38.1 Å². The molecule has 23 heavy (non-hydrogen) atoms. The summed E-state index contributed by atoms with van der Waals surface area (Å²) in [4.78, 5) is 12.1. The van der Waals surface area contributed by atoms with Crippen molar-refractivity contribution >= 4 is 28.9 Å². The van der Waals surface area contributed by atoms with Gasteiger partial charge in [0.05, 0.1) is 0 Å². The lowest BCUT2D eigenvalue weighted by Crippen LogP contribution is -2.14. The molecule has 0 spiro atoms. The Morgan fingerprint density at radius 3 is 2.52 bits per heavy atom. The molecule has 0 radical (unpaired) electrons. The minimum atomic E-state index is -0.479. The van der Waals surface area contributed by atoms with E-state index in [2.05, 4.69) is 10.6 Å². The summed E-state index contributed by atoms with van der Waals surface area (Å²) in [7, 11) is 0. The van der Waals surface area contributed by atoms with E-state index in [4.69, 9.17) is 11.6 Å². The molecule has 5 heteroatoms. The van der Waals surface area contributed by atoms with E-state index >= 15 is 0 Å². The molecular formula is C18H16ClN3O. The van der Waals surface area contributed by atoms with Crippen molar-refractivity contribution in [2.24, 2.45) is 0 Å². The summed E-state index contributed by atoms with van der Waals surface area (Å²) in [6.45, 7) is 3.98. The number of benzene rings is 2. The number of aryl methyl sites for hydroxylation is 1. The van der Waals surface area contributed by atoms with Crippen LogP contribution in [-0.4, -0.2) is 5.91 Å². The van der Waals surface area contributed by atoms with Crippen LogP contribution in [0, 0.1) is 25.2 Å². The molecule has 0 unspecified atom stereocenters. The van der Waals surface area contributed by atoms with Crippen molar-refractivity contribution in [3.05, 3.63) is 70.4 Å². The van der Waals surface area contributed by atoms with Crippen molar-refractivity contribution < 1.29 is 4.79 Å². The number of hydrogen-bond acceptors (Lipinski definition) is 3. The van der Waals surface area contributed by atoms with Gasteiger partial charge < -0.3 is 10.6 Å². The molecule has 2 rings (SSSR count). The Morgan fingerprint density at radius 2 is 1.87 bits per heavy atom. The fourth-order valence-corrected chi connectivity index (χ4v) is 2.06.